The van der Waals surface area contributed by atoms with Gasteiger partial charge in [0.05, 0.1) is 0 Å². The first-order valence-electron chi connectivity index (χ1n) is 11.2. The molecule has 29 heavy (non-hydrogen) atoms. The molecule has 0 bridgehead atoms. The van der Waals surface area contributed by atoms with Gasteiger partial charge >= 0.3 is 5.97 Å². The summed E-state index contributed by atoms with van der Waals surface area (Å²) in [6.07, 6.45) is 4.88. The van der Waals surface area contributed by atoms with E-state index in [9.17, 15) is 14.4 Å². The minimum Gasteiger partial charge on any atom is -0.451 e. The van der Waals surface area contributed by atoms with Crippen LogP contribution in [0.4, 0.5) is 4.39 Å². The summed E-state index contributed by atoms with van der Waals surface area (Å²) in [6.45, 7) is 7.19. The minimum atomic E-state index is -1.09. The zero-order chi connectivity index (χ0) is 20.9. The monoisotopic (exact) mass is 402 g/mol. The first-order valence-corrected chi connectivity index (χ1v) is 11.2. The quantitative estimate of drug-likeness (QED) is 0.649. The Kier molecular flexibility index (Phi) is 3.88. The number of carbonyl (C=O) groups excluding carboxylic acids is 3. The van der Waals surface area contributed by atoms with E-state index in [4.69, 9.17) is 4.74 Å². The SMILES string of the molecule is CC(=O)O[C@@]1(C(C)=O)CC[C@H]2[C@@H]3C[C@H](F)C4=CC(=O)C5CC5[C@@]4(C)[C@@H]3CC[C@@]21C. The van der Waals surface area contributed by atoms with Crippen LogP contribution in [0.5, 0.6) is 0 Å². The molecule has 4 saturated carbocycles. The van der Waals surface area contributed by atoms with Crippen LogP contribution in [-0.2, 0) is 19.1 Å². The number of esters is 1. The lowest BCUT2D eigenvalue weighted by atomic mass is 9.45. The van der Waals surface area contributed by atoms with Crippen molar-refractivity contribution in [3.05, 3.63) is 11.6 Å². The zero-order valence-electron chi connectivity index (χ0n) is 17.8. The standard InChI is InChI=1S/C24H31FO4/c1-12(26)24(29-13(2)27)8-6-16-14-10-20(25)19-11-21(28)15-9-18(15)23(19,4)17(14)5-7-22(16,24)3/h11,14-18,20H,5-10H2,1-4H3/t14-,15?,16-,17+,18?,20-,22-,23+,24+/m0/s1. The summed E-state index contributed by atoms with van der Waals surface area (Å²) in [5.41, 5.74) is -1.04. The average Bonchev–Trinajstić information content (AvgIpc) is 3.39. The molecule has 0 N–H and O–H groups in total. The first-order chi connectivity index (χ1) is 13.6. The predicted octanol–water partition coefficient (Wildman–Crippen LogP) is 4.21. The van der Waals surface area contributed by atoms with Gasteiger partial charge in [-0.05, 0) is 86.2 Å². The van der Waals surface area contributed by atoms with Crippen molar-refractivity contribution in [2.75, 3.05) is 0 Å². The van der Waals surface area contributed by atoms with E-state index in [1.165, 1.54) is 13.8 Å². The summed E-state index contributed by atoms with van der Waals surface area (Å²) in [4.78, 5) is 37.0. The highest BCUT2D eigenvalue weighted by atomic mass is 19.1. The Morgan fingerprint density at radius 3 is 2.41 bits per heavy atom. The molecule has 0 aliphatic heterocycles. The fourth-order valence-corrected chi connectivity index (χ4v) is 8.51. The topological polar surface area (TPSA) is 60.4 Å². The number of ketones is 2. The molecule has 0 aromatic rings. The fourth-order valence-electron chi connectivity index (χ4n) is 8.51. The van der Waals surface area contributed by atoms with Crippen molar-refractivity contribution in [1.29, 1.82) is 0 Å². The van der Waals surface area contributed by atoms with Gasteiger partial charge in [-0.15, -0.1) is 0 Å². The maximum atomic E-state index is 15.5. The van der Waals surface area contributed by atoms with Crippen LogP contribution in [0.2, 0.25) is 0 Å². The van der Waals surface area contributed by atoms with Crippen molar-refractivity contribution in [3.8, 4) is 0 Å². The fraction of sp³-hybridized carbons (Fsp3) is 0.792. The number of fused-ring (bicyclic) bond motifs is 7. The Hall–Kier alpha value is -1.52. The van der Waals surface area contributed by atoms with E-state index in [0.717, 1.165) is 31.3 Å². The number of rotatable bonds is 2. The van der Waals surface area contributed by atoms with E-state index in [1.807, 2.05) is 0 Å². The highest BCUT2D eigenvalue weighted by Crippen LogP contribution is 2.72. The van der Waals surface area contributed by atoms with Gasteiger partial charge in [0.25, 0.3) is 0 Å². The molecule has 0 spiro atoms. The third kappa shape index (κ3) is 2.22. The Labute approximate surface area is 171 Å². The van der Waals surface area contributed by atoms with E-state index in [1.54, 1.807) is 6.08 Å². The molecule has 0 amide bonds. The van der Waals surface area contributed by atoms with Gasteiger partial charge in [-0.25, -0.2) is 4.39 Å². The van der Waals surface area contributed by atoms with Crippen LogP contribution >= 0.6 is 0 Å². The average molecular weight is 403 g/mol. The number of hydrogen-bond acceptors (Lipinski definition) is 4. The second kappa shape index (κ2) is 5.79. The summed E-state index contributed by atoms with van der Waals surface area (Å²) in [5, 5.41) is 0. The Bertz CT molecular complexity index is 848. The van der Waals surface area contributed by atoms with Gasteiger partial charge in [-0.3, -0.25) is 14.4 Å². The molecule has 5 aliphatic carbocycles. The van der Waals surface area contributed by atoms with Crippen molar-refractivity contribution in [1.82, 2.24) is 0 Å². The van der Waals surface area contributed by atoms with Gasteiger partial charge in [0, 0.05) is 18.3 Å². The summed E-state index contributed by atoms with van der Waals surface area (Å²) in [5.74, 6) is 0.647. The minimum absolute atomic E-state index is 0.0823. The highest BCUT2D eigenvalue weighted by molar-refractivity contribution is 5.96. The molecule has 4 nitrogen and oxygen atoms in total. The molecule has 0 aromatic heterocycles. The molecule has 0 heterocycles. The van der Waals surface area contributed by atoms with Crippen molar-refractivity contribution in [2.45, 2.75) is 78.0 Å². The lowest BCUT2D eigenvalue weighted by Crippen LogP contribution is -2.60. The van der Waals surface area contributed by atoms with Crippen LogP contribution in [0.3, 0.4) is 0 Å². The molecular formula is C24H31FO4. The molecule has 2 unspecified atom stereocenters. The molecule has 0 radical (unpaired) electrons. The van der Waals surface area contributed by atoms with Gasteiger partial charge < -0.3 is 4.74 Å². The molecule has 0 saturated heterocycles. The van der Waals surface area contributed by atoms with Crippen LogP contribution in [0.25, 0.3) is 0 Å². The van der Waals surface area contributed by atoms with Crippen LogP contribution in [0.1, 0.15) is 66.2 Å². The molecule has 9 atom stereocenters. The number of halogens is 1. The number of hydrogen-bond donors (Lipinski definition) is 0. The molecule has 5 rings (SSSR count). The largest absolute Gasteiger partial charge is 0.451 e. The summed E-state index contributed by atoms with van der Waals surface area (Å²) in [7, 11) is 0. The normalized spacial score (nSPS) is 52.4. The van der Waals surface area contributed by atoms with Crippen molar-refractivity contribution < 1.29 is 23.5 Å². The lowest BCUT2D eigenvalue weighted by Gasteiger charge is -2.59. The van der Waals surface area contributed by atoms with E-state index < -0.39 is 23.2 Å². The Balaban J connectivity index is 1.55. The Morgan fingerprint density at radius 2 is 1.76 bits per heavy atom. The third-order valence-corrected chi connectivity index (χ3v) is 9.88. The molecule has 5 heteroatoms. The summed E-state index contributed by atoms with van der Waals surface area (Å²) in [6, 6.07) is 0. The zero-order valence-corrected chi connectivity index (χ0v) is 17.8. The number of Topliss-reactive ketones (excluding diaryl/α,β-unsaturated/α-hetero) is 1. The molecule has 4 fully saturated rings. The first kappa shape index (κ1) is 19.4. The van der Waals surface area contributed by atoms with Gasteiger partial charge in [0.2, 0.25) is 0 Å². The Morgan fingerprint density at radius 1 is 1.07 bits per heavy atom. The maximum absolute atomic E-state index is 15.5. The van der Waals surface area contributed by atoms with Crippen LogP contribution in [0.15, 0.2) is 11.6 Å². The molecule has 158 valence electrons. The molecule has 0 aromatic carbocycles. The number of allylic oxidation sites excluding steroid dienone is 1. The van der Waals surface area contributed by atoms with Gasteiger partial charge in [-0.2, -0.15) is 0 Å². The molecular weight excluding hydrogens is 371 g/mol. The van der Waals surface area contributed by atoms with Gasteiger partial charge in [-0.1, -0.05) is 13.8 Å². The smallest absolute Gasteiger partial charge is 0.303 e. The highest BCUT2D eigenvalue weighted by Gasteiger charge is 2.71. The summed E-state index contributed by atoms with van der Waals surface area (Å²) >= 11 is 0. The second-order valence-electron chi connectivity index (χ2n) is 10.8. The number of alkyl halides is 1. The van der Waals surface area contributed by atoms with E-state index >= 15 is 4.39 Å². The number of carbonyl (C=O) groups is 3. The third-order valence-electron chi connectivity index (χ3n) is 9.88. The van der Waals surface area contributed by atoms with Crippen molar-refractivity contribution >= 4 is 17.5 Å². The van der Waals surface area contributed by atoms with Crippen LogP contribution < -0.4 is 0 Å². The number of ether oxygens (including phenoxy) is 1. The van der Waals surface area contributed by atoms with Crippen LogP contribution in [-0.4, -0.2) is 29.3 Å². The van der Waals surface area contributed by atoms with Gasteiger partial charge in [0.15, 0.2) is 17.2 Å². The predicted molar refractivity (Wildman–Crippen MR) is 105 cm³/mol. The van der Waals surface area contributed by atoms with Gasteiger partial charge in [0.1, 0.15) is 6.17 Å². The van der Waals surface area contributed by atoms with E-state index in [-0.39, 0.29) is 40.7 Å². The summed E-state index contributed by atoms with van der Waals surface area (Å²) < 4.78 is 21.2. The van der Waals surface area contributed by atoms with Crippen molar-refractivity contribution in [3.63, 3.8) is 0 Å². The van der Waals surface area contributed by atoms with Crippen LogP contribution in [0, 0.1) is 40.4 Å². The molecule has 5 aliphatic rings. The lowest BCUT2D eigenvalue weighted by molar-refractivity contribution is -0.188. The second-order valence-corrected chi connectivity index (χ2v) is 10.8. The van der Waals surface area contributed by atoms with Crippen molar-refractivity contribution in [2.24, 2.45) is 40.4 Å². The van der Waals surface area contributed by atoms with E-state index in [0.29, 0.717) is 18.8 Å². The van der Waals surface area contributed by atoms with E-state index in [2.05, 4.69) is 13.8 Å². The maximum Gasteiger partial charge on any atom is 0.303 e.